The zero-order valence-corrected chi connectivity index (χ0v) is 13.8. The quantitative estimate of drug-likeness (QED) is 0.748. The molecular formula is C16H17N3OS2. The lowest BCUT2D eigenvalue weighted by Crippen LogP contribution is -2.11. The Balaban J connectivity index is 2.38. The minimum atomic E-state index is -0.149. The van der Waals surface area contributed by atoms with Crippen molar-refractivity contribution in [3.05, 3.63) is 59.3 Å². The molecule has 0 radical (unpaired) electrons. The molecule has 1 aromatic carbocycles. The number of nitrogen functional groups attached to an aromatic ring is 1. The van der Waals surface area contributed by atoms with Crippen molar-refractivity contribution >= 4 is 51.1 Å². The average Bonchev–Trinajstić information content (AvgIpc) is 3.00. The minimum absolute atomic E-state index is 0.149. The number of thiophene rings is 1. The van der Waals surface area contributed by atoms with Gasteiger partial charge in [-0.2, -0.15) is 0 Å². The molecule has 0 aliphatic rings. The number of nitrogens with one attached hydrogen (secondary N) is 1. The summed E-state index contributed by atoms with van der Waals surface area (Å²) < 4.78 is 0. The van der Waals surface area contributed by atoms with Crippen molar-refractivity contribution in [2.75, 3.05) is 16.0 Å². The SMILES string of the molecule is C=CS/C=C\N(c1ccc(N)c(NC(C)=O)c1)c1cccs1. The standard InChI is InChI=1S/C16H17N3OS2/c1-3-21-10-8-19(16-5-4-9-22-16)13-6-7-14(17)15(11-13)18-12(2)20/h3-11H,1,17H2,2H3,(H,18,20)/b10-8-. The zero-order valence-electron chi connectivity index (χ0n) is 12.2. The Bertz CT molecular complexity index is 681. The molecule has 0 saturated carbocycles. The first-order valence-electron chi connectivity index (χ1n) is 6.54. The second-order valence-corrected chi connectivity index (χ2v) is 6.17. The number of nitrogens with zero attached hydrogens (tertiary/aromatic N) is 1. The lowest BCUT2D eigenvalue weighted by atomic mass is 10.2. The Morgan fingerprint density at radius 1 is 1.45 bits per heavy atom. The Hall–Kier alpha value is -2.18. The maximum atomic E-state index is 11.3. The van der Waals surface area contributed by atoms with Gasteiger partial charge >= 0.3 is 0 Å². The number of hydrogen-bond donors (Lipinski definition) is 2. The summed E-state index contributed by atoms with van der Waals surface area (Å²) in [5.74, 6) is -0.149. The fourth-order valence-electron chi connectivity index (χ4n) is 1.84. The van der Waals surface area contributed by atoms with Gasteiger partial charge in [0.2, 0.25) is 5.91 Å². The van der Waals surface area contributed by atoms with Gasteiger partial charge in [-0.3, -0.25) is 4.79 Å². The van der Waals surface area contributed by atoms with Gasteiger partial charge in [-0.05, 0) is 46.5 Å². The highest BCUT2D eigenvalue weighted by atomic mass is 32.2. The second-order valence-electron chi connectivity index (χ2n) is 4.36. The maximum absolute atomic E-state index is 11.3. The minimum Gasteiger partial charge on any atom is -0.397 e. The fourth-order valence-corrected chi connectivity index (χ4v) is 2.87. The summed E-state index contributed by atoms with van der Waals surface area (Å²) in [6.07, 6.45) is 1.96. The number of carbonyl (C=O) groups excluding carboxylic acids is 1. The van der Waals surface area contributed by atoms with E-state index in [1.54, 1.807) is 22.8 Å². The van der Waals surface area contributed by atoms with E-state index in [1.165, 1.54) is 18.7 Å². The van der Waals surface area contributed by atoms with E-state index in [9.17, 15) is 4.79 Å². The van der Waals surface area contributed by atoms with E-state index in [-0.39, 0.29) is 5.91 Å². The third-order valence-corrected chi connectivity index (χ3v) is 4.09. The first-order chi connectivity index (χ1) is 10.6. The molecule has 0 aliphatic carbocycles. The van der Waals surface area contributed by atoms with Crippen molar-refractivity contribution in [2.45, 2.75) is 6.92 Å². The topological polar surface area (TPSA) is 58.4 Å². The number of carbonyl (C=O) groups is 1. The van der Waals surface area contributed by atoms with E-state index >= 15 is 0 Å². The first-order valence-corrected chi connectivity index (χ1v) is 8.37. The van der Waals surface area contributed by atoms with Crippen molar-refractivity contribution < 1.29 is 4.79 Å². The normalized spacial score (nSPS) is 10.6. The molecule has 0 fully saturated rings. The number of nitrogens with two attached hydrogens (primary N) is 1. The Morgan fingerprint density at radius 2 is 2.27 bits per heavy atom. The van der Waals surface area contributed by atoms with E-state index in [4.69, 9.17) is 5.73 Å². The van der Waals surface area contributed by atoms with Crippen LogP contribution >= 0.6 is 23.1 Å². The molecule has 0 spiro atoms. The van der Waals surface area contributed by atoms with Gasteiger partial charge in [0, 0.05) is 18.8 Å². The summed E-state index contributed by atoms with van der Waals surface area (Å²) >= 11 is 3.13. The first kappa shape index (κ1) is 16.2. The van der Waals surface area contributed by atoms with E-state index in [0.29, 0.717) is 11.4 Å². The summed E-state index contributed by atoms with van der Waals surface area (Å²) in [7, 11) is 0. The molecule has 0 saturated heterocycles. The van der Waals surface area contributed by atoms with Crippen molar-refractivity contribution in [3.63, 3.8) is 0 Å². The third kappa shape index (κ3) is 4.16. The molecule has 0 atom stereocenters. The smallest absolute Gasteiger partial charge is 0.221 e. The summed E-state index contributed by atoms with van der Waals surface area (Å²) in [4.78, 5) is 13.3. The highest BCUT2D eigenvalue weighted by Gasteiger charge is 2.10. The van der Waals surface area contributed by atoms with Gasteiger partial charge < -0.3 is 16.0 Å². The van der Waals surface area contributed by atoms with Crippen LogP contribution in [-0.2, 0) is 4.79 Å². The van der Waals surface area contributed by atoms with Gasteiger partial charge in [0.15, 0.2) is 0 Å². The molecule has 1 aromatic heterocycles. The molecular weight excluding hydrogens is 314 g/mol. The Labute approximate surface area is 138 Å². The van der Waals surface area contributed by atoms with E-state index < -0.39 is 0 Å². The van der Waals surface area contributed by atoms with Crippen molar-refractivity contribution in [3.8, 4) is 0 Å². The van der Waals surface area contributed by atoms with E-state index in [0.717, 1.165) is 10.7 Å². The number of thioether (sulfide) groups is 1. The summed E-state index contributed by atoms with van der Waals surface area (Å²) in [5, 5.41) is 9.54. The Morgan fingerprint density at radius 3 is 2.91 bits per heavy atom. The van der Waals surface area contributed by atoms with E-state index in [2.05, 4.69) is 11.9 Å². The van der Waals surface area contributed by atoms with Crippen LogP contribution < -0.4 is 16.0 Å². The summed E-state index contributed by atoms with van der Waals surface area (Å²) in [5.41, 5.74) is 7.97. The van der Waals surface area contributed by atoms with Crippen molar-refractivity contribution in [2.24, 2.45) is 0 Å². The van der Waals surface area contributed by atoms with Crippen molar-refractivity contribution in [1.82, 2.24) is 0 Å². The highest BCUT2D eigenvalue weighted by Crippen LogP contribution is 2.34. The van der Waals surface area contributed by atoms with Crippen LogP contribution in [0.1, 0.15) is 6.92 Å². The van der Waals surface area contributed by atoms with Gasteiger partial charge in [-0.15, -0.1) is 23.1 Å². The molecule has 6 heteroatoms. The van der Waals surface area contributed by atoms with Crippen LogP contribution in [0.25, 0.3) is 0 Å². The van der Waals surface area contributed by atoms with Gasteiger partial charge in [0.1, 0.15) is 0 Å². The van der Waals surface area contributed by atoms with Gasteiger partial charge in [-0.1, -0.05) is 6.58 Å². The molecule has 22 heavy (non-hydrogen) atoms. The lowest BCUT2D eigenvalue weighted by Gasteiger charge is -2.20. The third-order valence-electron chi connectivity index (χ3n) is 2.75. The highest BCUT2D eigenvalue weighted by molar-refractivity contribution is 8.04. The molecule has 3 N–H and O–H groups in total. The van der Waals surface area contributed by atoms with Crippen LogP contribution in [0.4, 0.5) is 22.1 Å². The Kier molecular flexibility index (Phi) is 5.68. The van der Waals surface area contributed by atoms with Gasteiger partial charge in [0.25, 0.3) is 0 Å². The predicted octanol–water partition coefficient (Wildman–Crippen LogP) is 4.77. The van der Waals surface area contributed by atoms with E-state index in [1.807, 2.05) is 46.2 Å². The fraction of sp³-hybridized carbons (Fsp3) is 0.0625. The van der Waals surface area contributed by atoms with Crippen LogP contribution in [0.15, 0.2) is 59.3 Å². The van der Waals surface area contributed by atoms with Gasteiger partial charge in [0.05, 0.1) is 16.4 Å². The molecule has 2 rings (SSSR count). The largest absolute Gasteiger partial charge is 0.397 e. The average molecular weight is 331 g/mol. The molecule has 0 bridgehead atoms. The molecule has 0 aliphatic heterocycles. The van der Waals surface area contributed by atoms with Crippen LogP contribution in [0.2, 0.25) is 0 Å². The number of rotatable bonds is 6. The monoisotopic (exact) mass is 331 g/mol. The summed E-state index contributed by atoms with van der Waals surface area (Å²) in [6, 6.07) is 9.59. The summed E-state index contributed by atoms with van der Waals surface area (Å²) in [6.45, 7) is 5.15. The maximum Gasteiger partial charge on any atom is 0.221 e. The number of benzene rings is 1. The number of anilines is 4. The second kappa shape index (κ2) is 7.72. The van der Waals surface area contributed by atoms with Crippen molar-refractivity contribution in [1.29, 1.82) is 0 Å². The zero-order chi connectivity index (χ0) is 15.9. The van der Waals surface area contributed by atoms with Crippen LogP contribution in [0.5, 0.6) is 0 Å². The van der Waals surface area contributed by atoms with Crippen LogP contribution in [0.3, 0.4) is 0 Å². The number of hydrogen-bond acceptors (Lipinski definition) is 5. The molecule has 1 heterocycles. The lowest BCUT2D eigenvalue weighted by molar-refractivity contribution is -0.114. The van der Waals surface area contributed by atoms with Gasteiger partial charge in [-0.25, -0.2) is 0 Å². The number of amides is 1. The van der Waals surface area contributed by atoms with Crippen LogP contribution in [0, 0.1) is 0 Å². The molecule has 0 unspecified atom stereocenters. The molecule has 2 aromatic rings. The van der Waals surface area contributed by atoms with Crippen LogP contribution in [-0.4, -0.2) is 5.91 Å². The predicted molar refractivity (Wildman–Crippen MR) is 98.5 cm³/mol. The molecule has 1 amide bonds. The molecule has 4 nitrogen and oxygen atoms in total. The molecule has 114 valence electrons.